The molecule has 0 saturated carbocycles. The normalized spacial score (nSPS) is 14.0. The Morgan fingerprint density at radius 2 is 0.489 bits per heavy atom. The van der Waals surface area contributed by atoms with Crippen molar-refractivity contribution in [3.63, 3.8) is 0 Å². The summed E-state index contributed by atoms with van der Waals surface area (Å²) in [6.07, 6.45) is 56.8. The number of esters is 4. The maximum Gasteiger partial charge on any atom is 0.472 e. The van der Waals surface area contributed by atoms with Crippen molar-refractivity contribution >= 4 is 39.5 Å². The van der Waals surface area contributed by atoms with E-state index >= 15 is 0 Å². The third-order valence-corrected chi connectivity index (χ3v) is 19.4. The van der Waals surface area contributed by atoms with E-state index in [9.17, 15) is 43.2 Å². The van der Waals surface area contributed by atoms with Crippen molar-refractivity contribution in [1.82, 2.24) is 0 Å². The Bertz CT molecular complexity index is 1810. The molecular weight excluding hydrogens is 1230 g/mol. The zero-order valence-electron chi connectivity index (χ0n) is 61.1. The predicted octanol–water partition coefficient (Wildman–Crippen LogP) is 22.1. The summed E-state index contributed by atoms with van der Waals surface area (Å²) < 4.78 is 68.5. The second-order valence-corrected chi connectivity index (χ2v) is 30.4. The molecule has 0 aromatic rings. The van der Waals surface area contributed by atoms with Crippen LogP contribution < -0.4 is 0 Å². The molecule has 0 aromatic heterocycles. The maximum absolute atomic E-state index is 13.1. The number of hydrogen-bond donors (Lipinski definition) is 3. The lowest BCUT2D eigenvalue weighted by Gasteiger charge is -2.21. The monoisotopic (exact) mass is 1380 g/mol. The molecule has 2 unspecified atom stereocenters. The summed E-state index contributed by atoms with van der Waals surface area (Å²) in [7, 11) is -9.91. The Labute approximate surface area is 575 Å². The molecule has 0 spiro atoms. The SMILES string of the molecule is CCCCCCCCCCCCCCCCCCC(=O)OC[C@H](COP(=O)(O)OC[C@@H](O)COP(=O)(O)OC[C@@H](COC(=O)CCCCCCCCCCCCC)OC(=O)CCCCCCCCCCC(C)C)OC(=O)CCCCCCCCCCCCCCCCCC. The summed E-state index contributed by atoms with van der Waals surface area (Å²) in [6, 6.07) is 0. The first-order chi connectivity index (χ1) is 45.5. The third kappa shape index (κ3) is 68.6. The van der Waals surface area contributed by atoms with Gasteiger partial charge in [0.15, 0.2) is 12.2 Å². The lowest BCUT2D eigenvalue weighted by atomic mass is 10.0. The zero-order valence-corrected chi connectivity index (χ0v) is 62.9. The van der Waals surface area contributed by atoms with Gasteiger partial charge in [0.2, 0.25) is 0 Å². The summed E-state index contributed by atoms with van der Waals surface area (Å²) in [4.78, 5) is 72.8. The van der Waals surface area contributed by atoms with E-state index in [0.717, 1.165) is 95.8 Å². The molecular formula is C75H146O17P2. The van der Waals surface area contributed by atoms with Crippen LogP contribution in [0, 0.1) is 5.92 Å². The zero-order chi connectivity index (χ0) is 69.1. The quantitative estimate of drug-likeness (QED) is 0.0222. The highest BCUT2D eigenvalue weighted by molar-refractivity contribution is 7.47. The molecule has 0 rings (SSSR count). The molecule has 0 heterocycles. The third-order valence-electron chi connectivity index (χ3n) is 17.5. The minimum Gasteiger partial charge on any atom is -0.462 e. The highest BCUT2D eigenvalue weighted by Gasteiger charge is 2.30. The Hall–Kier alpha value is -1.94. The number of carbonyl (C=O) groups excluding carboxylic acids is 4. The molecule has 0 aliphatic carbocycles. The van der Waals surface area contributed by atoms with Crippen molar-refractivity contribution in [3.8, 4) is 0 Å². The minimum absolute atomic E-state index is 0.105. The predicted molar refractivity (Wildman–Crippen MR) is 382 cm³/mol. The van der Waals surface area contributed by atoms with Gasteiger partial charge in [-0.1, -0.05) is 343 Å². The fraction of sp³-hybridized carbons (Fsp3) is 0.947. The van der Waals surface area contributed by atoms with Crippen LogP contribution in [0.4, 0.5) is 0 Å². The van der Waals surface area contributed by atoms with Crippen LogP contribution in [-0.2, 0) is 65.4 Å². The van der Waals surface area contributed by atoms with Gasteiger partial charge in [0.25, 0.3) is 0 Å². The van der Waals surface area contributed by atoms with Gasteiger partial charge in [-0.05, 0) is 31.6 Å². The average molecular weight is 1380 g/mol. The van der Waals surface area contributed by atoms with E-state index in [0.29, 0.717) is 25.7 Å². The standard InChI is InChI=1S/C75H146O17P2/c1-6-9-12-15-18-21-24-26-28-30-32-35-38-44-49-54-59-73(78)86-64-70(91-74(79)60-55-50-45-39-36-33-31-29-27-25-22-19-16-13-10-7-2)66-89-93(81,82)87-62-69(76)63-88-94(83,84)90-67-71(92-75(80)61-56-51-46-41-40-42-47-52-57-68(4)5)65-85-72(77)58-53-48-43-37-34-23-20-17-14-11-8-3/h68-71,76H,6-67H2,1-5H3,(H,81,82)(H,83,84)/t69-,70-,71-/m1/s1. The minimum atomic E-state index is -4.96. The topological polar surface area (TPSA) is 237 Å². The van der Waals surface area contributed by atoms with Crippen LogP contribution in [0.1, 0.15) is 394 Å². The molecule has 5 atom stereocenters. The lowest BCUT2D eigenvalue weighted by molar-refractivity contribution is -0.161. The molecule has 0 fully saturated rings. The molecule has 0 radical (unpaired) electrons. The van der Waals surface area contributed by atoms with Crippen LogP contribution in [0.5, 0.6) is 0 Å². The van der Waals surface area contributed by atoms with Gasteiger partial charge in [0.1, 0.15) is 19.3 Å². The van der Waals surface area contributed by atoms with Gasteiger partial charge in [-0.15, -0.1) is 0 Å². The van der Waals surface area contributed by atoms with E-state index in [2.05, 4.69) is 34.6 Å². The maximum atomic E-state index is 13.1. The number of unbranched alkanes of at least 4 members (excludes halogenated alkanes) is 47. The summed E-state index contributed by atoms with van der Waals surface area (Å²) >= 11 is 0. The molecule has 0 amide bonds. The Morgan fingerprint density at radius 3 is 0.723 bits per heavy atom. The van der Waals surface area contributed by atoms with Crippen molar-refractivity contribution in [2.75, 3.05) is 39.6 Å². The number of carbonyl (C=O) groups is 4. The molecule has 0 bridgehead atoms. The second-order valence-electron chi connectivity index (χ2n) is 27.5. The van der Waals surface area contributed by atoms with Crippen LogP contribution >= 0.6 is 15.6 Å². The molecule has 558 valence electrons. The molecule has 94 heavy (non-hydrogen) atoms. The molecule has 17 nitrogen and oxygen atoms in total. The highest BCUT2D eigenvalue weighted by Crippen LogP contribution is 2.45. The highest BCUT2D eigenvalue weighted by atomic mass is 31.2. The summed E-state index contributed by atoms with van der Waals surface area (Å²) in [6.45, 7) is 7.25. The molecule has 3 N–H and O–H groups in total. The number of rotatable bonds is 75. The van der Waals surface area contributed by atoms with Crippen molar-refractivity contribution in [2.24, 2.45) is 5.92 Å². The van der Waals surface area contributed by atoms with E-state index < -0.39 is 97.5 Å². The largest absolute Gasteiger partial charge is 0.472 e. The van der Waals surface area contributed by atoms with Gasteiger partial charge in [-0.25, -0.2) is 9.13 Å². The van der Waals surface area contributed by atoms with Crippen molar-refractivity contribution < 1.29 is 80.2 Å². The number of phosphoric acid groups is 2. The van der Waals surface area contributed by atoms with Crippen molar-refractivity contribution in [1.29, 1.82) is 0 Å². The second kappa shape index (κ2) is 68.2. The first kappa shape index (κ1) is 92.1. The number of hydrogen-bond acceptors (Lipinski definition) is 15. The Balaban J connectivity index is 5.24. The van der Waals surface area contributed by atoms with Crippen LogP contribution in [-0.4, -0.2) is 96.7 Å². The number of ether oxygens (including phenoxy) is 4. The summed E-state index contributed by atoms with van der Waals surface area (Å²) in [5.74, 6) is -1.40. The molecule has 0 aromatic carbocycles. The number of aliphatic hydroxyl groups excluding tert-OH is 1. The first-order valence-corrected chi connectivity index (χ1v) is 42.1. The average Bonchev–Trinajstić information content (AvgIpc) is 1.34. The van der Waals surface area contributed by atoms with Crippen LogP contribution in [0.15, 0.2) is 0 Å². The van der Waals surface area contributed by atoms with E-state index in [4.69, 9.17) is 37.0 Å². The van der Waals surface area contributed by atoms with E-state index in [1.165, 1.54) is 218 Å². The van der Waals surface area contributed by atoms with Crippen LogP contribution in [0.2, 0.25) is 0 Å². The van der Waals surface area contributed by atoms with Gasteiger partial charge in [0.05, 0.1) is 26.4 Å². The van der Waals surface area contributed by atoms with Gasteiger partial charge in [-0.2, -0.15) is 0 Å². The van der Waals surface area contributed by atoms with E-state index in [1.54, 1.807) is 0 Å². The summed E-state index contributed by atoms with van der Waals surface area (Å²) in [5, 5.41) is 10.6. The van der Waals surface area contributed by atoms with E-state index in [-0.39, 0.29) is 25.7 Å². The number of aliphatic hydroxyl groups is 1. The first-order valence-electron chi connectivity index (χ1n) is 39.1. The van der Waals surface area contributed by atoms with Crippen LogP contribution in [0.3, 0.4) is 0 Å². The molecule has 0 saturated heterocycles. The van der Waals surface area contributed by atoms with Gasteiger partial charge >= 0.3 is 39.5 Å². The van der Waals surface area contributed by atoms with Crippen molar-refractivity contribution in [3.05, 3.63) is 0 Å². The number of phosphoric ester groups is 2. The van der Waals surface area contributed by atoms with E-state index in [1.807, 2.05) is 0 Å². The molecule has 19 heteroatoms. The fourth-order valence-electron chi connectivity index (χ4n) is 11.5. The molecule has 0 aliphatic rings. The van der Waals surface area contributed by atoms with Gasteiger partial charge < -0.3 is 33.8 Å². The fourth-order valence-corrected chi connectivity index (χ4v) is 13.1. The Morgan fingerprint density at radius 1 is 0.287 bits per heavy atom. The smallest absolute Gasteiger partial charge is 0.462 e. The van der Waals surface area contributed by atoms with Crippen LogP contribution in [0.25, 0.3) is 0 Å². The van der Waals surface area contributed by atoms with Gasteiger partial charge in [0, 0.05) is 25.7 Å². The Kier molecular flexibility index (Phi) is 66.8. The van der Waals surface area contributed by atoms with Gasteiger partial charge in [-0.3, -0.25) is 37.3 Å². The summed E-state index contributed by atoms with van der Waals surface area (Å²) in [5.41, 5.74) is 0. The van der Waals surface area contributed by atoms with Crippen molar-refractivity contribution in [2.45, 2.75) is 412 Å². The lowest BCUT2D eigenvalue weighted by Crippen LogP contribution is -2.30. The molecule has 0 aliphatic heterocycles.